The van der Waals surface area contributed by atoms with Gasteiger partial charge in [-0.1, -0.05) is 11.6 Å². The SMILES string of the molecule is CC(=O)OC1C(F)C([C@@H](OC(C)=O)C(F)(F)F)OC1n1c(=O)n(CC2CC2)c2c(Cl)nc(N)nc21. The molecular weight excluding hydrogens is 506 g/mol. The lowest BCUT2D eigenvalue weighted by molar-refractivity contribution is -0.252. The van der Waals surface area contributed by atoms with E-state index in [-0.39, 0.29) is 34.7 Å². The van der Waals surface area contributed by atoms with E-state index in [1.54, 1.807) is 0 Å². The van der Waals surface area contributed by atoms with Crippen molar-refractivity contribution in [2.75, 3.05) is 5.73 Å². The van der Waals surface area contributed by atoms with Gasteiger partial charge in [0.2, 0.25) is 12.1 Å². The molecular formula is C19H20ClF4N5O6. The summed E-state index contributed by atoms with van der Waals surface area (Å²) >= 11 is 6.20. The number of nitrogens with zero attached hydrogens (tertiary/aromatic N) is 4. The lowest BCUT2D eigenvalue weighted by Gasteiger charge is -2.26. The highest BCUT2D eigenvalue weighted by molar-refractivity contribution is 6.33. The Kier molecular flexibility index (Phi) is 6.42. The Morgan fingerprint density at radius 3 is 2.46 bits per heavy atom. The van der Waals surface area contributed by atoms with E-state index in [1.165, 1.54) is 4.57 Å². The molecule has 2 aromatic rings. The molecule has 2 aliphatic rings. The van der Waals surface area contributed by atoms with E-state index < -0.39 is 54.5 Å². The smallest absolute Gasteiger partial charge is 0.428 e. The summed E-state index contributed by atoms with van der Waals surface area (Å²) in [6.45, 7) is 1.79. The van der Waals surface area contributed by atoms with Crippen LogP contribution in [0, 0.1) is 5.92 Å². The number of ether oxygens (including phenoxy) is 3. The van der Waals surface area contributed by atoms with E-state index in [0.29, 0.717) is 6.92 Å². The molecule has 0 spiro atoms. The zero-order chi connectivity index (χ0) is 25.8. The molecule has 11 nitrogen and oxygen atoms in total. The highest BCUT2D eigenvalue weighted by Gasteiger charge is 2.60. The fraction of sp³-hybridized carbons (Fsp3) is 0.632. The number of hydrogen-bond donors (Lipinski definition) is 1. The number of nitrogen functional groups attached to an aromatic ring is 1. The van der Waals surface area contributed by atoms with E-state index in [1.807, 2.05) is 0 Å². The third kappa shape index (κ3) is 4.78. The van der Waals surface area contributed by atoms with Crippen LogP contribution in [-0.2, 0) is 30.3 Å². The zero-order valence-electron chi connectivity index (χ0n) is 18.3. The van der Waals surface area contributed by atoms with Crippen LogP contribution in [0.25, 0.3) is 11.2 Å². The molecule has 4 unspecified atom stereocenters. The monoisotopic (exact) mass is 525 g/mol. The van der Waals surface area contributed by atoms with E-state index in [9.17, 15) is 27.6 Å². The summed E-state index contributed by atoms with van der Waals surface area (Å²) in [7, 11) is 0. The van der Waals surface area contributed by atoms with Crippen LogP contribution in [-0.4, -0.2) is 61.7 Å². The molecule has 0 radical (unpaired) electrons. The van der Waals surface area contributed by atoms with Crippen LogP contribution in [0.4, 0.5) is 23.5 Å². The molecule has 35 heavy (non-hydrogen) atoms. The van der Waals surface area contributed by atoms with Gasteiger partial charge in [0, 0.05) is 20.4 Å². The second-order valence-electron chi connectivity index (χ2n) is 8.33. The molecule has 5 atom stereocenters. The Morgan fingerprint density at radius 1 is 1.26 bits per heavy atom. The van der Waals surface area contributed by atoms with Crippen molar-refractivity contribution in [1.29, 1.82) is 0 Å². The molecule has 1 saturated heterocycles. The van der Waals surface area contributed by atoms with Gasteiger partial charge in [-0.25, -0.2) is 13.8 Å². The Bertz CT molecular complexity index is 1230. The minimum absolute atomic E-state index is 0.00848. The van der Waals surface area contributed by atoms with Crippen LogP contribution in [0.3, 0.4) is 0 Å². The fourth-order valence-electron chi connectivity index (χ4n) is 4.02. The molecule has 0 aromatic carbocycles. The number of carbonyl (C=O) groups is 2. The largest absolute Gasteiger partial charge is 0.454 e. The van der Waals surface area contributed by atoms with Gasteiger partial charge in [-0.2, -0.15) is 23.1 Å². The summed E-state index contributed by atoms with van der Waals surface area (Å²) in [5.74, 6) is -2.64. The van der Waals surface area contributed by atoms with Crippen LogP contribution in [0.15, 0.2) is 4.79 Å². The summed E-state index contributed by atoms with van der Waals surface area (Å²) in [5.41, 5.74) is 4.55. The van der Waals surface area contributed by atoms with Gasteiger partial charge >= 0.3 is 23.8 Å². The van der Waals surface area contributed by atoms with E-state index in [0.717, 1.165) is 24.3 Å². The first-order chi connectivity index (χ1) is 16.3. The van der Waals surface area contributed by atoms with Crippen molar-refractivity contribution in [3.05, 3.63) is 15.6 Å². The molecule has 2 fully saturated rings. The Hall–Kier alpha value is -2.94. The summed E-state index contributed by atoms with van der Waals surface area (Å²) in [6.07, 6.45) is -15.7. The number of alkyl halides is 4. The normalized spacial score (nSPS) is 25.6. The minimum atomic E-state index is -5.24. The third-order valence-corrected chi connectivity index (χ3v) is 5.85. The number of esters is 2. The predicted molar refractivity (Wildman–Crippen MR) is 110 cm³/mol. The number of fused-ring (bicyclic) bond motifs is 1. The average molecular weight is 526 g/mol. The maximum absolute atomic E-state index is 15.4. The Morgan fingerprint density at radius 2 is 1.91 bits per heavy atom. The van der Waals surface area contributed by atoms with Crippen LogP contribution in [0.5, 0.6) is 0 Å². The molecule has 16 heteroatoms. The third-order valence-electron chi connectivity index (χ3n) is 5.59. The summed E-state index contributed by atoms with van der Waals surface area (Å²) < 4.78 is 72.8. The number of anilines is 1. The number of rotatable bonds is 6. The quantitative estimate of drug-likeness (QED) is 0.340. The molecule has 4 rings (SSSR count). The van der Waals surface area contributed by atoms with E-state index >= 15 is 4.39 Å². The molecule has 2 N–H and O–H groups in total. The first-order valence-corrected chi connectivity index (χ1v) is 10.8. The maximum Gasteiger partial charge on any atom is 0.428 e. The summed E-state index contributed by atoms with van der Waals surface area (Å²) in [6, 6.07) is 0. The van der Waals surface area contributed by atoms with Gasteiger partial charge in [-0.05, 0) is 18.8 Å². The average Bonchev–Trinajstić information content (AvgIpc) is 3.43. The second-order valence-corrected chi connectivity index (χ2v) is 8.69. The van der Waals surface area contributed by atoms with Gasteiger partial charge in [-0.15, -0.1) is 0 Å². The first-order valence-electron chi connectivity index (χ1n) is 10.4. The lowest BCUT2D eigenvalue weighted by Crippen LogP contribution is -2.47. The van der Waals surface area contributed by atoms with Crippen LogP contribution in [0.2, 0.25) is 5.15 Å². The standard InChI is InChI=1S/C19H20ClF4N5O6/c1-6(30)33-12-9(21)11(13(19(22,23)24)34-7(2)31)35-16(12)29-15-10(14(20)26-17(25)27-15)28(18(29)32)5-8-3-4-8/h8-9,11-13,16H,3-5H2,1-2H3,(H2,25,26,27)/t9?,11?,12?,13-,16?/m1/s1. The number of carbonyl (C=O) groups excluding carboxylic acids is 2. The molecule has 2 aromatic heterocycles. The second kappa shape index (κ2) is 8.93. The van der Waals surface area contributed by atoms with Crippen molar-refractivity contribution in [2.45, 2.75) is 70.1 Å². The van der Waals surface area contributed by atoms with Crippen molar-refractivity contribution in [3.63, 3.8) is 0 Å². The van der Waals surface area contributed by atoms with Gasteiger partial charge in [0.05, 0.1) is 0 Å². The zero-order valence-corrected chi connectivity index (χ0v) is 19.0. The van der Waals surface area contributed by atoms with Crippen LogP contribution < -0.4 is 11.4 Å². The maximum atomic E-state index is 15.4. The van der Waals surface area contributed by atoms with Crippen molar-refractivity contribution >= 4 is 40.7 Å². The number of hydrogen-bond acceptors (Lipinski definition) is 9. The van der Waals surface area contributed by atoms with E-state index in [4.69, 9.17) is 26.8 Å². The van der Waals surface area contributed by atoms with E-state index in [2.05, 4.69) is 14.7 Å². The van der Waals surface area contributed by atoms with Crippen molar-refractivity contribution in [3.8, 4) is 0 Å². The fourth-order valence-corrected chi connectivity index (χ4v) is 4.30. The summed E-state index contributed by atoms with van der Waals surface area (Å²) in [4.78, 5) is 44.2. The topological polar surface area (TPSA) is 141 Å². The molecule has 1 aliphatic heterocycles. The molecule has 3 heterocycles. The molecule has 0 bridgehead atoms. The molecule has 192 valence electrons. The van der Waals surface area contributed by atoms with Crippen LogP contribution in [0.1, 0.15) is 32.9 Å². The lowest BCUT2D eigenvalue weighted by atomic mass is 10.1. The van der Waals surface area contributed by atoms with Gasteiger partial charge in [0.25, 0.3) is 0 Å². The molecule has 1 saturated carbocycles. The first kappa shape index (κ1) is 25.2. The predicted octanol–water partition coefficient (Wildman–Crippen LogP) is 1.90. The molecule has 0 amide bonds. The van der Waals surface area contributed by atoms with Gasteiger partial charge in [-0.3, -0.25) is 14.2 Å². The molecule has 1 aliphatic carbocycles. The highest BCUT2D eigenvalue weighted by atomic mass is 35.5. The Balaban J connectivity index is 1.87. The van der Waals surface area contributed by atoms with Gasteiger partial charge in [0.15, 0.2) is 29.3 Å². The van der Waals surface area contributed by atoms with Gasteiger partial charge < -0.3 is 19.9 Å². The van der Waals surface area contributed by atoms with Crippen molar-refractivity contribution < 1.29 is 41.4 Å². The summed E-state index contributed by atoms with van der Waals surface area (Å²) in [5, 5.41) is -0.215. The number of imidazole rings is 1. The number of halogens is 5. The van der Waals surface area contributed by atoms with Crippen molar-refractivity contribution in [1.82, 2.24) is 19.1 Å². The van der Waals surface area contributed by atoms with Gasteiger partial charge in [0.1, 0.15) is 11.6 Å². The minimum Gasteiger partial charge on any atom is -0.454 e. The number of nitrogens with two attached hydrogens (primary N) is 1. The highest BCUT2D eigenvalue weighted by Crippen LogP contribution is 2.41. The number of aromatic nitrogens is 4. The Labute approximate surface area is 199 Å². The van der Waals surface area contributed by atoms with Crippen molar-refractivity contribution in [2.24, 2.45) is 5.92 Å². The van der Waals surface area contributed by atoms with Crippen LogP contribution >= 0.6 is 11.6 Å².